The van der Waals surface area contributed by atoms with Crippen LogP contribution in [-0.4, -0.2) is 36.6 Å². The van der Waals surface area contributed by atoms with Crippen LogP contribution in [-0.2, 0) is 0 Å². The maximum absolute atomic E-state index is 12.7. The molecule has 0 radical (unpaired) electrons. The molecule has 0 saturated heterocycles. The van der Waals surface area contributed by atoms with Gasteiger partial charge in [-0.05, 0) is 41.1 Å². The van der Waals surface area contributed by atoms with Crippen molar-refractivity contribution in [1.82, 2.24) is 9.97 Å². The lowest BCUT2D eigenvalue weighted by atomic mass is 10.2. The maximum Gasteiger partial charge on any atom is 0.261 e. The van der Waals surface area contributed by atoms with Crippen molar-refractivity contribution in [2.45, 2.75) is 6.92 Å². The number of halogens is 1. The minimum atomic E-state index is -0.170. The van der Waals surface area contributed by atoms with Gasteiger partial charge in [-0.15, -0.1) is 0 Å². The van der Waals surface area contributed by atoms with E-state index in [4.69, 9.17) is 4.74 Å². The number of amides is 1. The lowest BCUT2D eigenvalue weighted by Crippen LogP contribution is -2.28. The molecule has 0 aliphatic heterocycles. The van der Waals surface area contributed by atoms with Crippen molar-refractivity contribution in [1.29, 1.82) is 0 Å². The molecule has 2 aromatic heterocycles. The topological polar surface area (TPSA) is 67.4 Å². The zero-order valence-corrected chi connectivity index (χ0v) is 14.2. The van der Waals surface area contributed by atoms with E-state index in [0.29, 0.717) is 34.1 Å². The standard InChI is InChI=1S/C15H17BrN4O2/c1-4-17-14-10(6-5-9-18-14)15(21)20(2)11-7-8-12(22-3)19-13(11)16/h5-9H,4H2,1-3H3,(H,17,18). The number of nitrogens with zero attached hydrogens (tertiary/aromatic N) is 3. The van der Waals surface area contributed by atoms with E-state index in [0.717, 1.165) is 0 Å². The highest BCUT2D eigenvalue weighted by Crippen LogP contribution is 2.27. The molecule has 0 aromatic carbocycles. The van der Waals surface area contributed by atoms with E-state index in [9.17, 15) is 4.79 Å². The van der Waals surface area contributed by atoms with Gasteiger partial charge < -0.3 is 15.0 Å². The molecule has 1 N–H and O–H groups in total. The van der Waals surface area contributed by atoms with E-state index < -0.39 is 0 Å². The summed E-state index contributed by atoms with van der Waals surface area (Å²) in [6.45, 7) is 2.64. The zero-order chi connectivity index (χ0) is 16.1. The van der Waals surface area contributed by atoms with Crippen molar-refractivity contribution in [3.8, 4) is 5.88 Å². The van der Waals surface area contributed by atoms with Crippen LogP contribution in [0.5, 0.6) is 5.88 Å². The van der Waals surface area contributed by atoms with Crippen molar-refractivity contribution in [3.63, 3.8) is 0 Å². The number of aromatic nitrogens is 2. The van der Waals surface area contributed by atoms with Gasteiger partial charge in [0.05, 0.1) is 18.4 Å². The summed E-state index contributed by atoms with van der Waals surface area (Å²) in [5, 5.41) is 3.09. The highest BCUT2D eigenvalue weighted by Gasteiger charge is 2.20. The van der Waals surface area contributed by atoms with Gasteiger partial charge in [-0.25, -0.2) is 9.97 Å². The third-order valence-electron chi connectivity index (χ3n) is 3.06. The molecule has 0 saturated carbocycles. The Morgan fingerprint density at radius 3 is 2.82 bits per heavy atom. The van der Waals surface area contributed by atoms with E-state index in [-0.39, 0.29) is 5.91 Å². The Morgan fingerprint density at radius 2 is 2.18 bits per heavy atom. The number of ether oxygens (including phenoxy) is 1. The summed E-state index contributed by atoms with van der Waals surface area (Å²) in [5.74, 6) is 0.877. The van der Waals surface area contributed by atoms with Crippen molar-refractivity contribution in [3.05, 3.63) is 40.6 Å². The predicted octanol–water partition coefficient (Wildman–Crippen LogP) is 2.96. The second-order valence-corrected chi connectivity index (χ2v) is 5.21. The molecule has 2 aromatic rings. The number of nitrogens with one attached hydrogen (secondary N) is 1. The summed E-state index contributed by atoms with van der Waals surface area (Å²) >= 11 is 3.36. The SMILES string of the molecule is CCNc1ncccc1C(=O)N(C)c1ccc(OC)nc1Br. The second kappa shape index (κ2) is 7.22. The maximum atomic E-state index is 12.7. The highest BCUT2D eigenvalue weighted by atomic mass is 79.9. The largest absolute Gasteiger partial charge is 0.481 e. The number of carbonyl (C=O) groups is 1. The molecule has 0 atom stereocenters. The molecule has 2 heterocycles. The van der Waals surface area contributed by atoms with Crippen molar-refractivity contribution < 1.29 is 9.53 Å². The molecule has 22 heavy (non-hydrogen) atoms. The van der Waals surface area contributed by atoms with Crippen LogP contribution >= 0.6 is 15.9 Å². The number of hydrogen-bond donors (Lipinski definition) is 1. The van der Waals surface area contributed by atoms with Crippen LogP contribution in [0.2, 0.25) is 0 Å². The number of anilines is 2. The number of hydrogen-bond acceptors (Lipinski definition) is 5. The highest BCUT2D eigenvalue weighted by molar-refractivity contribution is 9.10. The fourth-order valence-electron chi connectivity index (χ4n) is 1.95. The molecule has 2 rings (SSSR count). The van der Waals surface area contributed by atoms with Gasteiger partial charge >= 0.3 is 0 Å². The van der Waals surface area contributed by atoms with E-state index >= 15 is 0 Å². The minimum Gasteiger partial charge on any atom is -0.481 e. The first-order chi connectivity index (χ1) is 10.6. The summed E-state index contributed by atoms with van der Waals surface area (Å²) in [7, 11) is 3.24. The molecule has 6 nitrogen and oxygen atoms in total. The smallest absolute Gasteiger partial charge is 0.261 e. The summed E-state index contributed by atoms with van der Waals surface area (Å²) in [4.78, 5) is 22.7. The van der Waals surface area contributed by atoms with Crippen molar-refractivity contribution in [2.75, 3.05) is 30.9 Å². The minimum absolute atomic E-state index is 0.170. The molecule has 0 aliphatic rings. The van der Waals surface area contributed by atoms with Crippen LogP contribution in [0.15, 0.2) is 35.1 Å². The van der Waals surface area contributed by atoms with E-state index in [1.807, 2.05) is 6.92 Å². The van der Waals surface area contributed by atoms with Gasteiger partial charge in [0.1, 0.15) is 10.4 Å². The monoisotopic (exact) mass is 364 g/mol. The van der Waals surface area contributed by atoms with Gasteiger partial charge in [-0.3, -0.25) is 4.79 Å². The number of carbonyl (C=O) groups excluding carboxylic acids is 1. The lowest BCUT2D eigenvalue weighted by molar-refractivity contribution is 0.0993. The zero-order valence-electron chi connectivity index (χ0n) is 12.6. The first kappa shape index (κ1) is 16.2. The average Bonchev–Trinajstić information content (AvgIpc) is 2.54. The first-order valence-electron chi connectivity index (χ1n) is 6.76. The Bertz CT molecular complexity index is 678. The van der Waals surface area contributed by atoms with E-state index in [1.165, 1.54) is 4.90 Å². The number of pyridine rings is 2. The molecule has 0 fully saturated rings. The molecule has 1 amide bonds. The fourth-order valence-corrected chi connectivity index (χ4v) is 2.52. The fraction of sp³-hybridized carbons (Fsp3) is 0.267. The Morgan fingerprint density at radius 1 is 1.41 bits per heavy atom. The van der Waals surface area contributed by atoms with E-state index in [1.54, 1.807) is 44.6 Å². The van der Waals surface area contributed by atoms with Gasteiger partial charge in [0.25, 0.3) is 5.91 Å². The predicted molar refractivity (Wildman–Crippen MR) is 89.6 cm³/mol. The summed E-state index contributed by atoms with van der Waals surface area (Å²) in [6, 6.07) is 6.97. The van der Waals surface area contributed by atoms with Gasteiger partial charge in [0.15, 0.2) is 0 Å². The summed E-state index contributed by atoms with van der Waals surface area (Å²) in [5.41, 5.74) is 1.16. The van der Waals surface area contributed by atoms with Crippen LogP contribution in [0.25, 0.3) is 0 Å². The van der Waals surface area contributed by atoms with Gasteiger partial charge in [0.2, 0.25) is 5.88 Å². The van der Waals surface area contributed by atoms with Gasteiger partial charge in [0, 0.05) is 25.9 Å². The van der Waals surface area contributed by atoms with Crippen LogP contribution in [0.1, 0.15) is 17.3 Å². The van der Waals surface area contributed by atoms with Crippen LogP contribution in [0.3, 0.4) is 0 Å². The Kier molecular flexibility index (Phi) is 5.32. The van der Waals surface area contributed by atoms with Crippen LogP contribution < -0.4 is 15.0 Å². The average molecular weight is 365 g/mol. The Labute approximate surface area is 137 Å². The molecule has 0 bridgehead atoms. The number of methoxy groups -OCH3 is 1. The van der Waals surface area contributed by atoms with Crippen molar-refractivity contribution in [2.24, 2.45) is 0 Å². The van der Waals surface area contributed by atoms with Gasteiger partial charge in [-0.2, -0.15) is 0 Å². The third kappa shape index (κ3) is 3.36. The van der Waals surface area contributed by atoms with Crippen molar-refractivity contribution >= 4 is 33.3 Å². The molecular formula is C15H17BrN4O2. The Hall–Kier alpha value is -2.15. The molecular weight excluding hydrogens is 348 g/mol. The normalized spacial score (nSPS) is 10.2. The Balaban J connectivity index is 2.33. The quantitative estimate of drug-likeness (QED) is 0.826. The molecule has 0 aliphatic carbocycles. The van der Waals surface area contributed by atoms with E-state index in [2.05, 4.69) is 31.2 Å². The molecule has 116 valence electrons. The first-order valence-corrected chi connectivity index (χ1v) is 7.55. The molecule has 7 heteroatoms. The molecule has 0 spiro atoms. The second-order valence-electron chi connectivity index (χ2n) is 4.46. The summed E-state index contributed by atoms with van der Waals surface area (Å²) in [6.07, 6.45) is 1.65. The van der Waals surface area contributed by atoms with Gasteiger partial charge in [-0.1, -0.05) is 0 Å². The van der Waals surface area contributed by atoms with Crippen LogP contribution in [0, 0.1) is 0 Å². The lowest BCUT2D eigenvalue weighted by Gasteiger charge is -2.20. The van der Waals surface area contributed by atoms with Crippen LogP contribution in [0.4, 0.5) is 11.5 Å². The number of rotatable bonds is 5. The third-order valence-corrected chi connectivity index (χ3v) is 3.64. The summed E-state index contributed by atoms with van der Waals surface area (Å²) < 4.78 is 5.60. The molecule has 0 unspecified atom stereocenters.